The highest BCUT2D eigenvalue weighted by Crippen LogP contribution is 2.32. The lowest BCUT2D eigenvalue weighted by molar-refractivity contribution is -0.126. The van der Waals surface area contributed by atoms with Crippen LogP contribution >= 0.6 is 22.9 Å². The average molecular weight is 601 g/mol. The van der Waals surface area contributed by atoms with Crippen LogP contribution in [0.1, 0.15) is 21.7 Å². The Morgan fingerprint density at radius 2 is 1.77 bits per heavy atom. The Kier molecular flexibility index (Phi) is 11.0. The maximum absolute atomic E-state index is 13.9. The molecule has 16 heteroatoms. The van der Waals surface area contributed by atoms with Crippen LogP contribution in [-0.2, 0) is 14.3 Å². The zero-order chi connectivity index (χ0) is 28.7. The highest BCUT2D eigenvalue weighted by molar-refractivity contribution is 7.18. The van der Waals surface area contributed by atoms with E-state index in [1.54, 1.807) is 0 Å². The monoisotopic (exact) mass is 600 g/mol. The molecule has 1 aliphatic heterocycles. The number of halogens is 7. The maximum atomic E-state index is 13.9. The van der Waals surface area contributed by atoms with Crippen molar-refractivity contribution >= 4 is 52.0 Å². The number of carbonyl (C=O) groups is 3. The molecule has 8 nitrogen and oxygen atoms in total. The van der Waals surface area contributed by atoms with E-state index >= 15 is 0 Å². The van der Waals surface area contributed by atoms with Crippen molar-refractivity contribution in [2.24, 2.45) is 0 Å². The lowest BCUT2D eigenvalue weighted by Crippen LogP contribution is -2.53. The molecular formula is C23H23ClF6N4O4S. The summed E-state index contributed by atoms with van der Waals surface area (Å²) in [4.78, 5) is 39.5. The fourth-order valence-corrected chi connectivity index (χ4v) is 4.76. The van der Waals surface area contributed by atoms with Gasteiger partial charge < -0.3 is 20.3 Å². The summed E-state index contributed by atoms with van der Waals surface area (Å²) in [6.45, 7) is -3.13. The summed E-state index contributed by atoms with van der Waals surface area (Å²) in [7, 11) is 0. The molecule has 0 aliphatic carbocycles. The number of nitrogens with zero attached hydrogens (tertiary/aromatic N) is 2. The number of nitrogens with one attached hydrogen (secondary N) is 2. The number of carbonyl (C=O) groups excluding carboxylic acids is 3. The maximum Gasteiger partial charge on any atom is 0.265 e. The molecule has 1 aliphatic rings. The van der Waals surface area contributed by atoms with E-state index < -0.39 is 73.9 Å². The molecule has 3 amide bonds. The van der Waals surface area contributed by atoms with E-state index in [9.17, 15) is 40.7 Å². The van der Waals surface area contributed by atoms with Gasteiger partial charge in [-0.15, -0.1) is 11.3 Å². The van der Waals surface area contributed by atoms with E-state index in [1.807, 2.05) is 0 Å². The number of alkyl halides is 6. The third kappa shape index (κ3) is 8.55. The van der Waals surface area contributed by atoms with Crippen molar-refractivity contribution in [2.75, 3.05) is 49.6 Å². The summed E-state index contributed by atoms with van der Waals surface area (Å²) in [6.07, 6.45) is -9.36. The molecule has 0 saturated carbocycles. The van der Waals surface area contributed by atoms with E-state index in [4.69, 9.17) is 16.3 Å². The lowest BCUT2D eigenvalue weighted by atomic mass is 10.1. The zero-order valence-electron chi connectivity index (χ0n) is 20.0. The number of hydrogen-bond donors (Lipinski definition) is 2. The Morgan fingerprint density at radius 3 is 2.33 bits per heavy atom. The van der Waals surface area contributed by atoms with Crippen LogP contribution in [0.3, 0.4) is 0 Å². The molecular weight excluding hydrogens is 578 g/mol. The van der Waals surface area contributed by atoms with Gasteiger partial charge in [-0.1, -0.05) is 11.6 Å². The second kappa shape index (κ2) is 14.0. The Bertz CT molecular complexity index is 1160. The van der Waals surface area contributed by atoms with Gasteiger partial charge in [-0.3, -0.25) is 19.3 Å². The second-order valence-corrected chi connectivity index (χ2v) is 9.94. The second-order valence-electron chi connectivity index (χ2n) is 8.23. The van der Waals surface area contributed by atoms with Crippen molar-refractivity contribution in [1.29, 1.82) is 0 Å². The van der Waals surface area contributed by atoms with E-state index in [0.717, 1.165) is 23.5 Å². The summed E-state index contributed by atoms with van der Waals surface area (Å²) in [5, 5.41) is 4.50. The predicted molar refractivity (Wildman–Crippen MR) is 132 cm³/mol. The van der Waals surface area contributed by atoms with Crippen molar-refractivity contribution in [3.8, 4) is 0 Å². The van der Waals surface area contributed by atoms with Gasteiger partial charge in [-0.05, 0) is 30.3 Å². The van der Waals surface area contributed by atoms with Gasteiger partial charge in [-0.2, -0.15) is 0 Å². The molecule has 0 spiro atoms. The van der Waals surface area contributed by atoms with Gasteiger partial charge in [0.2, 0.25) is 5.91 Å². The number of amides is 3. The van der Waals surface area contributed by atoms with Gasteiger partial charge in [0.1, 0.15) is 12.6 Å². The van der Waals surface area contributed by atoms with Crippen molar-refractivity contribution < 1.29 is 45.5 Å². The summed E-state index contributed by atoms with van der Waals surface area (Å²) in [5.74, 6) is -2.39. The minimum absolute atomic E-state index is 0.112. The zero-order valence-corrected chi connectivity index (χ0v) is 21.6. The van der Waals surface area contributed by atoms with Gasteiger partial charge in [-0.25, -0.2) is 26.3 Å². The molecule has 39 heavy (non-hydrogen) atoms. The van der Waals surface area contributed by atoms with Crippen LogP contribution in [0, 0.1) is 0 Å². The normalized spacial score (nSPS) is 14.9. The molecule has 0 radical (unpaired) electrons. The summed E-state index contributed by atoms with van der Waals surface area (Å²) < 4.78 is 86.0. The minimum Gasteiger partial charge on any atom is -0.370 e. The molecule has 2 N–H and O–H groups in total. The van der Waals surface area contributed by atoms with Gasteiger partial charge >= 0.3 is 0 Å². The number of ether oxygens (including phenoxy) is 1. The molecule has 0 unspecified atom stereocenters. The molecule has 2 aromatic rings. The molecule has 2 heterocycles. The molecule has 1 saturated heterocycles. The van der Waals surface area contributed by atoms with Crippen LogP contribution < -0.4 is 15.5 Å². The highest BCUT2D eigenvalue weighted by atomic mass is 35.5. The first-order valence-corrected chi connectivity index (χ1v) is 12.6. The molecule has 1 aromatic heterocycles. The Labute approximate surface area is 227 Å². The first-order valence-electron chi connectivity index (χ1n) is 11.4. The fraction of sp³-hybridized carbons (Fsp3) is 0.435. The van der Waals surface area contributed by atoms with Crippen LogP contribution in [0.25, 0.3) is 0 Å². The Balaban J connectivity index is 1.87. The topological polar surface area (TPSA) is 91.0 Å². The SMILES string of the molecule is O=C(NC[C@@H](C(=O)Nc1ccc(N2CCOCC2=O)cc1C(F)F)N(CC(F)F)CC(F)F)c1ccc(Cl)s1. The third-order valence-corrected chi connectivity index (χ3v) is 6.80. The molecule has 3 rings (SSSR count). The van der Waals surface area contributed by atoms with Crippen molar-refractivity contribution in [3.63, 3.8) is 0 Å². The van der Waals surface area contributed by atoms with Gasteiger partial charge in [0, 0.05) is 30.0 Å². The number of anilines is 2. The van der Waals surface area contributed by atoms with Gasteiger partial charge in [0.05, 0.1) is 28.9 Å². The van der Waals surface area contributed by atoms with Gasteiger partial charge in [0.25, 0.3) is 31.1 Å². The van der Waals surface area contributed by atoms with Crippen LogP contribution in [-0.4, -0.2) is 80.9 Å². The summed E-state index contributed by atoms with van der Waals surface area (Å²) in [5.41, 5.74) is -0.993. The number of benzene rings is 1. The Morgan fingerprint density at radius 1 is 1.08 bits per heavy atom. The number of thiophene rings is 1. The van der Waals surface area contributed by atoms with Crippen molar-refractivity contribution in [1.82, 2.24) is 10.2 Å². The quantitative estimate of drug-likeness (QED) is 0.355. The van der Waals surface area contributed by atoms with Crippen LogP contribution in [0.5, 0.6) is 0 Å². The standard InChI is InChI=1S/C23H23ClF6N4O4S/c24-17-4-3-16(39-17)23(37)31-8-15(33(9-18(25)26)10-19(27)28)22(36)32-14-2-1-12(7-13(14)21(29)30)34-5-6-38-11-20(34)35/h1-4,7,15,18-19,21H,5-6,8-11H2,(H,31,37)(H,32,36)/t15-/m0/s1. The van der Waals surface area contributed by atoms with E-state index in [2.05, 4.69) is 10.6 Å². The smallest absolute Gasteiger partial charge is 0.265 e. The average Bonchev–Trinajstić information content (AvgIpc) is 3.30. The number of hydrogen-bond acceptors (Lipinski definition) is 6. The van der Waals surface area contributed by atoms with Crippen molar-refractivity contribution in [2.45, 2.75) is 25.3 Å². The number of morpholine rings is 1. The van der Waals surface area contributed by atoms with Crippen LogP contribution in [0.15, 0.2) is 30.3 Å². The van der Waals surface area contributed by atoms with E-state index in [-0.39, 0.29) is 34.7 Å². The highest BCUT2D eigenvalue weighted by Gasteiger charge is 2.32. The van der Waals surface area contributed by atoms with Crippen LogP contribution in [0.2, 0.25) is 4.34 Å². The molecule has 0 bridgehead atoms. The summed E-state index contributed by atoms with van der Waals surface area (Å²) in [6, 6.07) is 4.37. The third-order valence-electron chi connectivity index (χ3n) is 5.57. The number of rotatable bonds is 12. The molecule has 1 fully saturated rings. The first-order chi connectivity index (χ1) is 18.5. The Hall–Kier alpha value is -2.88. The van der Waals surface area contributed by atoms with E-state index in [0.29, 0.717) is 4.90 Å². The van der Waals surface area contributed by atoms with Gasteiger partial charge in [0.15, 0.2) is 0 Å². The molecule has 214 valence electrons. The first kappa shape index (κ1) is 30.7. The molecule has 1 aromatic carbocycles. The lowest BCUT2D eigenvalue weighted by Gasteiger charge is -2.31. The fourth-order valence-electron chi connectivity index (χ4n) is 3.80. The van der Waals surface area contributed by atoms with E-state index in [1.165, 1.54) is 23.1 Å². The van der Waals surface area contributed by atoms with Crippen molar-refractivity contribution in [3.05, 3.63) is 45.1 Å². The summed E-state index contributed by atoms with van der Waals surface area (Å²) >= 11 is 6.68. The minimum atomic E-state index is -3.13. The molecule has 1 atom stereocenters. The van der Waals surface area contributed by atoms with Crippen LogP contribution in [0.4, 0.5) is 37.7 Å². The predicted octanol–water partition coefficient (Wildman–Crippen LogP) is 4.27. The largest absolute Gasteiger partial charge is 0.370 e.